The Bertz CT molecular complexity index is 108. The molecule has 0 aromatic rings. The second kappa shape index (κ2) is 23.6. The first-order valence-corrected chi connectivity index (χ1v) is 11.4. The normalized spacial score (nSPS) is 12.6. The predicted octanol–water partition coefficient (Wildman–Crippen LogP) is 5.04. The van der Waals surface area contributed by atoms with Crippen LogP contribution in [0.25, 0.3) is 0 Å². The molecule has 0 aromatic heterocycles. The van der Waals surface area contributed by atoms with Gasteiger partial charge >= 0.3 is 0 Å². The zero-order chi connectivity index (χ0) is 11.8. The highest BCUT2D eigenvalue weighted by molar-refractivity contribution is 15.0. The van der Waals surface area contributed by atoms with Crippen molar-refractivity contribution in [2.24, 2.45) is 4.99 Å². The Morgan fingerprint density at radius 1 is 1.07 bits per heavy atom. The van der Waals surface area contributed by atoms with Crippen molar-refractivity contribution in [2.75, 3.05) is 13.7 Å². The summed E-state index contributed by atoms with van der Waals surface area (Å²) in [7, 11) is 1.68. The molecule has 0 saturated heterocycles. The maximum atomic E-state index is 4.94. The molecule has 0 saturated carbocycles. The summed E-state index contributed by atoms with van der Waals surface area (Å²) in [5.74, 6) is 0.927. The number of rotatable bonds is 0. The first-order chi connectivity index (χ1) is 6.93. The average molecular weight is 427 g/mol. The van der Waals surface area contributed by atoms with E-state index in [1.54, 1.807) is 7.11 Å². The standard InChI is InChI=1S/C6H11NO.2C2H6.I2/c1-8-6-4-2-3-5-7-6;3*1-2/h2-5H2,1H3;2*1-2H3;. The minimum atomic E-state index is 0.927. The summed E-state index contributed by atoms with van der Waals surface area (Å²) in [6.45, 7) is 8.96. The van der Waals surface area contributed by atoms with Crippen LogP contribution in [-0.2, 0) is 4.74 Å². The van der Waals surface area contributed by atoms with E-state index in [1.807, 2.05) is 27.7 Å². The number of halogens is 2. The molecule has 4 heteroatoms. The van der Waals surface area contributed by atoms with Crippen LogP contribution < -0.4 is 0 Å². The van der Waals surface area contributed by atoms with E-state index >= 15 is 0 Å². The van der Waals surface area contributed by atoms with Gasteiger partial charge in [-0.3, -0.25) is 4.99 Å². The van der Waals surface area contributed by atoms with Crippen LogP contribution in [0.1, 0.15) is 47.0 Å². The van der Waals surface area contributed by atoms with Gasteiger partial charge in [0.2, 0.25) is 0 Å². The summed E-state index contributed by atoms with van der Waals surface area (Å²) in [6.07, 6.45) is 3.51. The van der Waals surface area contributed by atoms with Gasteiger partial charge in [-0.1, -0.05) is 27.7 Å². The summed E-state index contributed by atoms with van der Waals surface area (Å²) in [6, 6.07) is 0. The Hall–Kier alpha value is 0.930. The van der Waals surface area contributed by atoms with E-state index in [-0.39, 0.29) is 0 Å². The van der Waals surface area contributed by atoms with Gasteiger partial charge in [-0.05, 0) is 12.8 Å². The topological polar surface area (TPSA) is 21.6 Å². The van der Waals surface area contributed by atoms with Gasteiger partial charge in [0.1, 0.15) is 0 Å². The third-order valence-electron chi connectivity index (χ3n) is 1.32. The second-order valence-electron chi connectivity index (χ2n) is 1.94. The van der Waals surface area contributed by atoms with E-state index in [4.69, 9.17) is 4.74 Å². The van der Waals surface area contributed by atoms with Crippen molar-refractivity contribution in [3.8, 4) is 0 Å². The van der Waals surface area contributed by atoms with Crippen LogP contribution in [0.5, 0.6) is 0 Å². The van der Waals surface area contributed by atoms with Crippen molar-refractivity contribution in [1.82, 2.24) is 0 Å². The van der Waals surface area contributed by atoms with Crippen LogP contribution in [0, 0.1) is 0 Å². The largest absolute Gasteiger partial charge is 0.484 e. The fraction of sp³-hybridized carbons (Fsp3) is 0.900. The van der Waals surface area contributed by atoms with Gasteiger partial charge in [-0.15, -0.1) is 0 Å². The first-order valence-electron chi connectivity index (χ1n) is 5.15. The van der Waals surface area contributed by atoms with E-state index in [9.17, 15) is 0 Å². The Morgan fingerprint density at radius 2 is 1.57 bits per heavy atom. The van der Waals surface area contributed by atoms with Crippen LogP contribution in [0.3, 0.4) is 0 Å². The molecule has 0 aromatic carbocycles. The number of methoxy groups -OCH3 is 1. The lowest BCUT2D eigenvalue weighted by Gasteiger charge is -2.08. The molecule has 1 aliphatic rings. The monoisotopic (exact) mass is 427 g/mol. The van der Waals surface area contributed by atoms with Crippen molar-refractivity contribution < 1.29 is 4.74 Å². The molecule has 0 amide bonds. The molecule has 88 valence electrons. The van der Waals surface area contributed by atoms with Gasteiger partial charge in [-0.2, -0.15) is 0 Å². The molecule has 0 bridgehead atoms. The first kappa shape index (κ1) is 20.4. The van der Waals surface area contributed by atoms with E-state index < -0.39 is 0 Å². The number of ether oxygens (including phenoxy) is 1. The van der Waals surface area contributed by atoms with Crippen LogP contribution in [0.4, 0.5) is 0 Å². The SMILES string of the molecule is CC.CC.COC1=NCCCC1.II. The van der Waals surface area contributed by atoms with Crippen LogP contribution in [0.2, 0.25) is 0 Å². The number of hydrogen-bond donors (Lipinski definition) is 0. The third kappa shape index (κ3) is 15.4. The summed E-state index contributed by atoms with van der Waals surface area (Å²) in [5, 5.41) is 0. The zero-order valence-electron chi connectivity index (χ0n) is 9.94. The highest BCUT2D eigenvalue weighted by atomic mass is 128. The molecule has 0 spiro atoms. The van der Waals surface area contributed by atoms with Gasteiger partial charge in [0, 0.05) is 50.2 Å². The van der Waals surface area contributed by atoms with E-state index in [2.05, 4.69) is 42.2 Å². The Balaban J connectivity index is -0.000000174. The van der Waals surface area contributed by atoms with Crippen molar-refractivity contribution in [3.05, 3.63) is 0 Å². The number of hydrogen-bond acceptors (Lipinski definition) is 2. The molecular weight excluding hydrogens is 404 g/mol. The third-order valence-corrected chi connectivity index (χ3v) is 1.32. The van der Waals surface area contributed by atoms with Crippen LogP contribution in [0.15, 0.2) is 4.99 Å². The average Bonchev–Trinajstić information content (AvgIpc) is 2.37. The lowest BCUT2D eigenvalue weighted by molar-refractivity contribution is 0.378. The summed E-state index contributed by atoms with van der Waals surface area (Å²) in [5.41, 5.74) is 0. The van der Waals surface area contributed by atoms with E-state index in [0.29, 0.717) is 0 Å². The van der Waals surface area contributed by atoms with Gasteiger partial charge in [-0.25, -0.2) is 0 Å². The van der Waals surface area contributed by atoms with Crippen LogP contribution >= 0.6 is 37.2 Å². The molecule has 0 radical (unpaired) electrons. The maximum absolute atomic E-state index is 4.94. The fourth-order valence-electron chi connectivity index (χ4n) is 0.837. The van der Waals surface area contributed by atoms with Crippen molar-refractivity contribution in [1.29, 1.82) is 0 Å². The maximum Gasteiger partial charge on any atom is 0.182 e. The lowest BCUT2D eigenvalue weighted by atomic mass is 10.2. The minimum absolute atomic E-state index is 0.927. The molecule has 2 nitrogen and oxygen atoms in total. The molecule has 1 aliphatic heterocycles. The number of nitrogens with zero attached hydrogens (tertiary/aromatic N) is 1. The molecule has 0 aliphatic carbocycles. The van der Waals surface area contributed by atoms with E-state index in [0.717, 1.165) is 18.9 Å². The summed E-state index contributed by atoms with van der Waals surface area (Å²) < 4.78 is 4.94. The van der Waals surface area contributed by atoms with Gasteiger partial charge < -0.3 is 4.74 Å². The predicted molar refractivity (Wildman–Crippen MR) is 83.9 cm³/mol. The van der Waals surface area contributed by atoms with Gasteiger partial charge in [0.25, 0.3) is 0 Å². The molecule has 0 N–H and O–H groups in total. The molecule has 0 unspecified atom stereocenters. The van der Waals surface area contributed by atoms with Gasteiger partial charge in [0.15, 0.2) is 5.90 Å². The van der Waals surface area contributed by atoms with Gasteiger partial charge in [0.05, 0.1) is 7.11 Å². The smallest absolute Gasteiger partial charge is 0.182 e. The lowest BCUT2D eigenvalue weighted by Crippen LogP contribution is -2.07. The highest BCUT2D eigenvalue weighted by Gasteiger charge is 2.02. The fourth-order valence-corrected chi connectivity index (χ4v) is 0.837. The Labute approximate surface area is 113 Å². The molecule has 1 heterocycles. The van der Waals surface area contributed by atoms with Crippen molar-refractivity contribution in [3.63, 3.8) is 0 Å². The van der Waals surface area contributed by atoms with E-state index in [1.165, 1.54) is 12.8 Å². The summed E-state index contributed by atoms with van der Waals surface area (Å²) >= 11 is 4.24. The second-order valence-corrected chi connectivity index (χ2v) is 1.94. The quantitative estimate of drug-likeness (QED) is 0.497. The number of aliphatic imine (C=N–C) groups is 1. The zero-order valence-corrected chi connectivity index (χ0v) is 14.3. The molecule has 14 heavy (non-hydrogen) atoms. The van der Waals surface area contributed by atoms with Crippen molar-refractivity contribution >= 4 is 43.1 Å². The highest BCUT2D eigenvalue weighted by Crippen LogP contribution is 2.05. The van der Waals surface area contributed by atoms with Crippen molar-refractivity contribution in [2.45, 2.75) is 47.0 Å². The summed E-state index contributed by atoms with van der Waals surface area (Å²) in [4.78, 5) is 4.14. The molecule has 1 rings (SSSR count). The molecule has 0 atom stereocenters. The molecule has 0 fully saturated rings. The Morgan fingerprint density at radius 3 is 1.79 bits per heavy atom. The molecular formula is C10H23I2NO. The Kier molecular flexibility index (Phi) is 34.3. The van der Waals surface area contributed by atoms with Crippen LogP contribution in [-0.4, -0.2) is 19.6 Å². The minimum Gasteiger partial charge on any atom is -0.484 e.